The molecule has 1 N–H and O–H groups in total. The van der Waals surface area contributed by atoms with Gasteiger partial charge in [0.2, 0.25) is 0 Å². The summed E-state index contributed by atoms with van der Waals surface area (Å²) in [4.78, 5) is 12.4. The topological polar surface area (TPSA) is 47.6 Å². The maximum absolute atomic E-state index is 12.4. The summed E-state index contributed by atoms with van der Waals surface area (Å²) in [7, 11) is 1.69. The van der Waals surface area contributed by atoms with Gasteiger partial charge in [0.1, 0.15) is 11.5 Å². The van der Waals surface area contributed by atoms with Crippen LogP contribution in [0.1, 0.15) is 75.8 Å². The molecule has 0 fully saturated rings. The quantitative estimate of drug-likeness (QED) is 0.654. The van der Waals surface area contributed by atoms with E-state index in [1.54, 1.807) is 7.11 Å². The van der Waals surface area contributed by atoms with E-state index in [4.69, 9.17) is 9.47 Å². The molecule has 0 aliphatic carbocycles. The van der Waals surface area contributed by atoms with Gasteiger partial charge < -0.3 is 14.8 Å². The van der Waals surface area contributed by atoms with Crippen molar-refractivity contribution in [3.63, 3.8) is 0 Å². The van der Waals surface area contributed by atoms with Crippen molar-refractivity contribution >= 4 is 5.91 Å². The molecule has 0 bridgehead atoms. The van der Waals surface area contributed by atoms with Crippen LogP contribution in [0.25, 0.3) is 0 Å². The van der Waals surface area contributed by atoms with Gasteiger partial charge in [-0.2, -0.15) is 0 Å². The van der Waals surface area contributed by atoms with Crippen LogP contribution in [0.4, 0.5) is 0 Å². The Hall–Kier alpha value is -2.49. The third kappa shape index (κ3) is 5.99. The van der Waals surface area contributed by atoms with Crippen molar-refractivity contribution in [1.29, 1.82) is 0 Å². The third-order valence-electron chi connectivity index (χ3n) is 5.17. The van der Waals surface area contributed by atoms with Crippen LogP contribution in [0.3, 0.4) is 0 Å². The Morgan fingerprint density at radius 3 is 2.17 bits per heavy atom. The van der Waals surface area contributed by atoms with E-state index < -0.39 is 0 Å². The third-order valence-corrected chi connectivity index (χ3v) is 5.17. The highest BCUT2D eigenvalue weighted by atomic mass is 16.5. The minimum atomic E-state index is -0.140. The zero-order valence-electron chi connectivity index (χ0n) is 19.1. The molecular weight excluding hydrogens is 362 g/mol. The Bertz CT molecular complexity index is 832. The minimum Gasteiger partial charge on any atom is -0.496 e. The lowest BCUT2D eigenvalue weighted by molar-refractivity contribution is -0.123. The van der Waals surface area contributed by atoms with Crippen LogP contribution in [-0.4, -0.2) is 19.6 Å². The molecule has 4 nitrogen and oxygen atoms in total. The number of methoxy groups -OCH3 is 1. The van der Waals surface area contributed by atoms with Crippen molar-refractivity contribution in [3.05, 3.63) is 58.7 Å². The first kappa shape index (κ1) is 22.8. The standard InChI is InChI=1S/C25H35NO3/c1-16(2)21-14-22(17(3)13-23(21)28-8)18(4)26-24(27)15-29-20-11-9-19(10-12-20)25(5,6)7/h9-14,16,18H,15H2,1-8H3,(H,26,27). The van der Waals surface area contributed by atoms with Crippen LogP contribution in [0, 0.1) is 6.92 Å². The van der Waals surface area contributed by atoms with Crippen LogP contribution in [0.15, 0.2) is 36.4 Å². The van der Waals surface area contributed by atoms with Gasteiger partial charge in [0.15, 0.2) is 6.61 Å². The van der Waals surface area contributed by atoms with Crippen molar-refractivity contribution < 1.29 is 14.3 Å². The van der Waals surface area contributed by atoms with Crippen molar-refractivity contribution in [2.75, 3.05) is 13.7 Å². The number of amides is 1. The minimum absolute atomic E-state index is 0.00849. The van der Waals surface area contributed by atoms with Crippen molar-refractivity contribution in [3.8, 4) is 11.5 Å². The Morgan fingerprint density at radius 2 is 1.66 bits per heavy atom. The zero-order valence-corrected chi connectivity index (χ0v) is 19.1. The number of hydrogen-bond donors (Lipinski definition) is 1. The molecule has 0 aromatic heterocycles. The molecule has 0 spiro atoms. The van der Waals surface area contributed by atoms with Crippen LogP contribution in [-0.2, 0) is 10.2 Å². The van der Waals surface area contributed by atoms with Crippen LogP contribution in [0.2, 0.25) is 0 Å². The summed E-state index contributed by atoms with van der Waals surface area (Å²) in [5, 5.41) is 3.04. The predicted molar refractivity (Wildman–Crippen MR) is 119 cm³/mol. The van der Waals surface area contributed by atoms with Crippen molar-refractivity contribution in [2.24, 2.45) is 0 Å². The van der Waals surface area contributed by atoms with E-state index in [-0.39, 0.29) is 24.0 Å². The van der Waals surface area contributed by atoms with Gasteiger partial charge >= 0.3 is 0 Å². The summed E-state index contributed by atoms with van der Waals surface area (Å²) < 4.78 is 11.2. The molecule has 2 aromatic rings. The van der Waals surface area contributed by atoms with E-state index in [2.05, 4.69) is 46.0 Å². The summed E-state index contributed by atoms with van der Waals surface area (Å²) in [6, 6.07) is 12.0. The molecule has 0 saturated carbocycles. The molecule has 2 aromatic carbocycles. The average Bonchev–Trinajstić information content (AvgIpc) is 2.65. The second-order valence-electron chi connectivity index (χ2n) is 8.96. The summed E-state index contributed by atoms with van der Waals surface area (Å²) >= 11 is 0. The smallest absolute Gasteiger partial charge is 0.258 e. The zero-order chi connectivity index (χ0) is 21.8. The number of aryl methyl sites for hydroxylation is 1. The van der Waals surface area contributed by atoms with Gasteiger partial charge in [-0.3, -0.25) is 4.79 Å². The normalized spacial score (nSPS) is 12.6. The number of hydrogen-bond acceptors (Lipinski definition) is 3. The fraction of sp³-hybridized carbons (Fsp3) is 0.480. The van der Waals surface area contributed by atoms with Gasteiger partial charge in [-0.1, -0.05) is 46.8 Å². The average molecular weight is 398 g/mol. The summed E-state index contributed by atoms with van der Waals surface area (Å²) in [5.41, 5.74) is 4.66. The number of carbonyl (C=O) groups is 1. The SMILES string of the molecule is COc1cc(C)c(C(C)NC(=O)COc2ccc(C(C)(C)C)cc2)cc1C(C)C. The van der Waals surface area contributed by atoms with E-state index >= 15 is 0 Å². The van der Waals surface area contributed by atoms with Gasteiger partial charge in [0.05, 0.1) is 13.2 Å². The fourth-order valence-electron chi connectivity index (χ4n) is 3.37. The maximum atomic E-state index is 12.4. The highest BCUT2D eigenvalue weighted by Crippen LogP contribution is 2.32. The molecule has 0 saturated heterocycles. The maximum Gasteiger partial charge on any atom is 0.258 e. The van der Waals surface area contributed by atoms with E-state index in [1.807, 2.05) is 44.2 Å². The van der Waals surface area contributed by atoms with Crippen LogP contribution < -0.4 is 14.8 Å². The molecule has 1 atom stereocenters. The van der Waals surface area contributed by atoms with Gasteiger partial charge in [0, 0.05) is 0 Å². The molecule has 0 heterocycles. The lowest BCUT2D eigenvalue weighted by Gasteiger charge is -2.21. The first-order valence-corrected chi connectivity index (χ1v) is 10.2. The fourth-order valence-corrected chi connectivity index (χ4v) is 3.37. The lowest BCUT2D eigenvalue weighted by Crippen LogP contribution is -2.31. The summed E-state index contributed by atoms with van der Waals surface area (Å²) in [6.07, 6.45) is 0. The Labute approximate surface area is 175 Å². The largest absolute Gasteiger partial charge is 0.496 e. The number of carbonyl (C=O) groups excluding carboxylic acids is 1. The monoisotopic (exact) mass is 397 g/mol. The van der Waals surface area contributed by atoms with E-state index in [0.717, 1.165) is 22.4 Å². The molecule has 4 heteroatoms. The second kappa shape index (κ2) is 9.34. The van der Waals surface area contributed by atoms with Gasteiger partial charge in [-0.05, 0) is 71.7 Å². The lowest BCUT2D eigenvalue weighted by atomic mass is 9.87. The Kier molecular flexibility index (Phi) is 7.34. The molecule has 0 radical (unpaired) electrons. The molecule has 1 amide bonds. The van der Waals surface area contributed by atoms with Crippen molar-refractivity contribution in [1.82, 2.24) is 5.32 Å². The second-order valence-corrected chi connectivity index (χ2v) is 8.96. The Morgan fingerprint density at radius 1 is 1.03 bits per heavy atom. The van der Waals surface area contributed by atoms with E-state index in [9.17, 15) is 4.79 Å². The molecular formula is C25H35NO3. The first-order chi connectivity index (χ1) is 13.5. The number of benzene rings is 2. The number of nitrogens with one attached hydrogen (secondary N) is 1. The molecule has 29 heavy (non-hydrogen) atoms. The molecule has 0 aliphatic heterocycles. The summed E-state index contributed by atoms with van der Waals surface area (Å²) in [5.74, 6) is 1.79. The van der Waals surface area contributed by atoms with Gasteiger partial charge in [-0.25, -0.2) is 0 Å². The molecule has 1 unspecified atom stereocenters. The molecule has 2 rings (SSSR count). The van der Waals surface area contributed by atoms with Gasteiger partial charge in [-0.15, -0.1) is 0 Å². The summed E-state index contributed by atoms with van der Waals surface area (Å²) in [6.45, 7) is 14.8. The van der Waals surface area contributed by atoms with Crippen LogP contribution in [0.5, 0.6) is 11.5 Å². The first-order valence-electron chi connectivity index (χ1n) is 10.2. The molecule has 0 aliphatic rings. The number of rotatable bonds is 7. The molecule has 158 valence electrons. The highest BCUT2D eigenvalue weighted by Gasteiger charge is 2.17. The van der Waals surface area contributed by atoms with Gasteiger partial charge in [0.25, 0.3) is 5.91 Å². The highest BCUT2D eigenvalue weighted by molar-refractivity contribution is 5.78. The Balaban J connectivity index is 2.01. The number of ether oxygens (including phenoxy) is 2. The van der Waals surface area contributed by atoms with Crippen LogP contribution >= 0.6 is 0 Å². The predicted octanol–water partition coefficient (Wildman–Crippen LogP) is 5.68. The van der Waals surface area contributed by atoms with E-state index in [1.165, 1.54) is 5.56 Å². The van der Waals surface area contributed by atoms with E-state index in [0.29, 0.717) is 11.7 Å². The van der Waals surface area contributed by atoms with Crippen molar-refractivity contribution in [2.45, 2.75) is 65.8 Å².